The molecule has 3 unspecified atom stereocenters. The SMILES string of the molecule is CCCC/C=C\CCCCCCCC(=O)OC(CO)COP(=O)(O)OCC(CO)OC(=O)CCCCCCCCCCCCCCCCCCCCC. The lowest BCUT2D eigenvalue weighted by Gasteiger charge is -2.20. The first-order valence-electron chi connectivity index (χ1n) is 21.6. The minimum atomic E-state index is -4.63. The number of phosphoric acid groups is 1. The molecule has 0 aromatic heterocycles. The highest BCUT2D eigenvalue weighted by Crippen LogP contribution is 2.43. The molecule has 3 atom stereocenters. The van der Waals surface area contributed by atoms with Crippen molar-refractivity contribution in [3.63, 3.8) is 0 Å². The van der Waals surface area contributed by atoms with Crippen molar-refractivity contribution < 1.29 is 47.8 Å². The second-order valence-corrected chi connectivity index (χ2v) is 16.1. The van der Waals surface area contributed by atoms with Gasteiger partial charge in [0.05, 0.1) is 26.4 Å². The molecule has 0 aliphatic rings. The molecule has 0 rings (SSSR count). The number of hydrogen-bond acceptors (Lipinski definition) is 9. The van der Waals surface area contributed by atoms with Crippen molar-refractivity contribution in [2.24, 2.45) is 0 Å². The number of unbranched alkanes of at least 4 members (excludes halogenated alkanes) is 25. The molecule has 0 saturated heterocycles. The van der Waals surface area contributed by atoms with Crippen LogP contribution in [0.1, 0.15) is 206 Å². The lowest BCUT2D eigenvalue weighted by atomic mass is 10.0. The van der Waals surface area contributed by atoms with Gasteiger partial charge in [0.15, 0.2) is 0 Å². The molecule has 0 saturated carbocycles. The molecule has 0 aliphatic carbocycles. The molecule has 53 heavy (non-hydrogen) atoms. The van der Waals surface area contributed by atoms with Crippen LogP contribution in [-0.4, -0.2) is 65.7 Å². The van der Waals surface area contributed by atoms with E-state index in [1.165, 1.54) is 109 Å². The van der Waals surface area contributed by atoms with Crippen LogP contribution in [0.4, 0.5) is 0 Å². The smallest absolute Gasteiger partial charge is 0.457 e. The van der Waals surface area contributed by atoms with Gasteiger partial charge in [-0.1, -0.05) is 174 Å². The highest BCUT2D eigenvalue weighted by atomic mass is 31.2. The number of carbonyl (C=O) groups is 2. The summed E-state index contributed by atoms with van der Waals surface area (Å²) in [4.78, 5) is 34.4. The molecule has 3 N–H and O–H groups in total. The summed E-state index contributed by atoms with van der Waals surface area (Å²) < 4.78 is 32.5. The molecule has 0 amide bonds. The quantitative estimate of drug-likeness (QED) is 0.0237. The second-order valence-electron chi connectivity index (χ2n) is 14.7. The first-order chi connectivity index (χ1) is 25.8. The fraction of sp³-hybridized carbons (Fsp3) is 0.905. The van der Waals surface area contributed by atoms with Gasteiger partial charge in [0.25, 0.3) is 0 Å². The number of aliphatic hydroxyl groups excluding tert-OH is 2. The van der Waals surface area contributed by atoms with E-state index in [9.17, 15) is 29.3 Å². The van der Waals surface area contributed by atoms with Gasteiger partial charge in [0.2, 0.25) is 0 Å². The summed E-state index contributed by atoms with van der Waals surface area (Å²) in [7, 11) is -4.63. The van der Waals surface area contributed by atoms with Crippen molar-refractivity contribution in [2.45, 2.75) is 219 Å². The van der Waals surface area contributed by atoms with Gasteiger partial charge >= 0.3 is 19.8 Å². The van der Waals surface area contributed by atoms with Crippen LogP contribution in [-0.2, 0) is 32.7 Å². The number of rotatable bonds is 41. The minimum Gasteiger partial charge on any atom is -0.457 e. The predicted molar refractivity (Wildman–Crippen MR) is 215 cm³/mol. The van der Waals surface area contributed by atoms with Crippen molar-refractivity contribution in [3.05, 3.63) is 12.2 Å². The standard InChI is InChI=1S/C42H81O10P/c1-3-5-7-9-11-13-15-16-17-18-19-20-21-22-24-26-28-30-32-34-42(46)52-40(36-44)38-50-53(47,48)49-37-39(35-43)51-41(45)33-31-29-27-25-23-14-12-10-8-6-4-2/h10,12,39-40,43-44H,3-9,11,13-38H2,1-2H3,(H,47,48)/b12-10-. The van der Waals surface area contributed by atoms with Crippen LogP contribution in [0.2, 0.25) is 0 Å². The molecule has 0 aromatic carbocycles. The van der Waals surface area contributed by atoms with Gasteiger partial charge in [-0.3, -0.25) is 18.6 Å². The molecule has 11 heteroatoms. The van der Waals surface area contributed by atoms with E-state index in [0.29, 0.717) is 12.8 Å². The summed E-state index contributed by atoms with van der Waals surface area (Å²) in [6.45, 7) is 2.18. The summed E-state index contributed by atoms with van der Waals surface area (Å²) >= 11 is 0. The third-order valence-corrected chi connectivity index (χ3v) is 10.4. The number of phosphoric ester groups is 1. The highest BCUT2D eigenvalue weighted by Gasteiger charge is 2.27. The first-order valence-corrected chi connectivity index (χ1v) is 23.1. The zero-order valence-corrected chi connectivity index (χ0v) is 34.9. The maximum atomic E-state index is 12.3. The Kier molecular flexibility index (Phi) is 38.0. The average molecular weight is 777 g/mol. The predicted octanol–water partition coefficient (Wildman–Crippen LogP) is 11.2. The van der Waals surface area contributed by atoms with Crippen molar-refractivity contribution >= 4 is 19.8 Å². The number of carbonyl (C=O) groups excluding carboxylic acids is 2. The molecule has 314 valence electrons. The number of aliphatic hydroxyl groups is 2. The summed E-state index contributed by atoms with van der Waals surface area (Å²) in [5.74, 6) is -1.02. The zero-order valence-electron chi connectivity index (χ0n) is 34.0. The Morgan fingerprint density at radius 3 is 1.13 bits per heavy atom. The number of esters is 2. The van der Waals surface area contributed by atoms with Gasteiger partial charge in [-0.2, -0.15) is 0 Å². The van der Waals surface area contributed by atoms with Gasteiger partial charge in [-0.05, 0) is 32.1 Å². The van der Waals surface area contributed by atoms with E-state index in [2.05, 4.69) is 26.0 Å². The van der Waals surface area contributed by atoms with Gasteiger partial charge in [-0.15, -0.1) is 0 Å². The van der Waals surface area contributed by atoms with E-state index in [1.807, 2.05) is 0 Å². The van der Waals surface area contributed by atoms with E-state index in [4.69, 9.17) is 18.5 Å². The Morgan fingerprint density at radius 1 is 0.491 bits per heavy atom. The van der Waals surface area contributed by atoms with Crippen molar-refractivity contribution in [3.8, 4) is 0 Å². The van der Waals surface area contributed by atoms with Crippen molar-refractivity contribution in [1.82, 2.24) is 0 Å². The summed E-state index contributed by atoms with van der Waals surface area (Å²) in [6, 6.07) is 0. The Bertz CT molecular complexity index is 899. The van der Waals surface area contributed by atoms with Crippen LogP contribution < -0.4 is 0 Å². The van der Waals surface area contributed by atoms with Crippen molar-refractivity contribution in [2.75, 3.05) is 26.4 Å². The average Bonchev–Trinajstić information content (AvgIpc) is 3.14. The largest absolute Gasteiger partial charge is 0.472 e. The fourth-order valence-corrected chi connectivity index (χ4v) is 6.88. The topological polar surface area (TPSA) is 149 Å². The Labute approximate surface area is 324 Å². The molecular weight excluding hydrogens is 695 g/mol. The van der Waals surface area contributed by atoms with Crippen LogP contribution in [0.5, 0.6) is 0 Å². The number of allylic oxidation sites excluding steroid dienone is 2. The summed E-state index contributed by atoms with van der Waals surface area (Å²) in [6.07, 6.45) is 36.2. The molecule has 0 fully saturated rings. The van der Waals surface area contributed by atoms with Crippen LogP contribution in [0.25, 0.3) is 0 Å². The molecule has 0 bridgehead atoms. The molecule has 10 nitrogen and oxygen atoms in total. The van der Waals surface area contributed by atoms with Gasteiger partial charge in [-0.25, -0.2) is 4.57 Å². The van der Waals surface area contributed by atoms with Gasteiger partial charge < -0.3 is 24.6 Å². The molecule has 0 heterocycles. The maximum Gasteiger partial charge on any atom is 0.472 e. The van der Waals surface area contributed by atoms with Gasteiger partial charge in [0.1, 0.15) is 12.2 Å². The second kappa shape index (κ2) is 39.0. The molecular formula is C42H81O10P. The minimum absolute atomic E-state index is 0.184. The van der Waals surface area contributed by atoms with E-state index < -0.39 is 58.4 Å². The van der Waals surface area contributed by atoms with Crippen LogP contribution in [0.3, 0.4) is 0 Å². The highest BCUT2D eigenvalue weighted by molar-refractivity contribution is 7.47. The summed E-state index contributed by atoms with van der Waals surface area (Å²) in [5, 5.41) is 19.1. The van der Waals surface area contributed by atoms with Crippen LogP contribution >= 0.6 is 7.82 Å². The Morgan fingerprint density at radius 2 is 0.792 bits per heavy atom. The van der Waals surface area contributed by atoms with E-state index >= 15 is 0 Å². The van der Waals surface area contributed by atoms with Crippen LogP contribution in [0.15, 0.2) is 12.2 Å². The molecule has 0 aliphatic heterocycles. The number of ether oxygens (including phenoxy) is 2. The third-order valence-electron chi connectivity index (χ3n) is 9.48. The number of hydrogen-bond donors (Lipinski definition) is 3. The molecule has 0 spiro atoms. The Hall–Kier alpha value is -1.29. The van der Waals surface area contributed by atoms with E-state index in [0.717, 1.165) is 57.8 Å². The normalized spacial score (nSPS) is 14.0. The Balaban J connectivity index is 3.86. The fourth-order valence-electron chi connectivity index (χ4n) is 6.10. The zero-order chi connectivity index (χ0) is 39.1. The molecule has 0 radical (unpaired) electrons. The lowest BCUT2D eigenvalue weighted by molar-refractivity contribution is -0.153. The van der Waals surface area contributed by atoms with Crippen molar-refractivity contribution in [1.29, 1.82) is 0 Å². The maximum absolute atomic E-state index is 12.3. The lowest BCUT2D eigenvalue weighted by Crippen LogP contribution is -2.28. The monoisotopic (exact) mass is 777 g/mol. The third kappa shape index (κ3) is 37.4. The van der Waals surface area contributed by atoms with Gasteiger partial charge in [0, 0.05) is 12.8 Å². The van der Waals surface area contributed by atoms with E-state index in [-0.39, 0.29) is 12.8 Å². The summed E-state index contributed by atoms with van der Waals surface area (Å²) in [5.41, 5.74) is 0. The first kappa shape index (κ1) is 51.7. The van der Waals surface area contributed by atoms with Crippen LogP contribution in [0, 0.1) is 0 Å². The van der Waals surface area contributed by atoms with E-state index in [1.54, 1.807) is 0 Å². The molecule has 0 aromatic rings.